The van der Waals surface area contributed by atoms with Crippen LogP contribution in [0, 0.1) is 17.2 Å². The molecule has 5 nitrogen and oxygen atoms in total. The van der Waals surface area contributed by atoms with E-state index in [4.69, 9.17) is 39.5 Å². The minimum Gasteiger partial charge on any atom is -0.475 e. The van der Waals surface area contributed by atoms with E-state index in [1.165, 1.54) is 0 Å². The summed E-state index contributed by atoms with van der Waals surface area (Å²) in [5.41, 5.74) is 3.01. The van der Waals surface area contributed by atoms with Gasteiger partial charge in [0.15, 0.2) is 0 Å². The molecule has 1 aliphatic rings. The second-order valence-electron chi connectivity index (χ2n) is 8.10. The average molecular weight is 515 g/mol. The van der Waals surface area contributed by atoms with Crippen LogP contribution in [0.3, 0.4) is 0 Å². The molecular weight excluding hydrogens is 493 g/mol. The normalized spacial score (nSPS) is 13.5. The molecule has 0 radical (unpaired) electrons. The van der Waals surface area contributed by atoms with E-state index >= 15 is 0 Å². The maximum absolute atomic E-state index is 12.2. The van der Waals surface area contributed by atoms with Crippen molar-refractivity contribution in [1.29, 1.82) is 5.26 Å². The third-order valence-corrected chi connectivity index (χ3v) is 6.62. The maximum atomic E-state index is 12.2. The Morgan fingerprint density at radius 3 is 2.41 bits per heavy atom. The number of carbonyl (C=O) groups excluding carboxylic acids is 1. The van der Waals surface area contributed by atoms with Gasteiger partial charge in [-0.15, -0.1) is 0 Å². The SMILES string of the molecule is N#Cc1cc(-c2ccc(Cl)cc2)c(-c2ccc(Cl)cc2Cl)nc1OCCNC(=O)C1CCCC1. The summed E-state index contributed by atoms with van der Waals surface area (Å²) in [5.74, 6) is 0.322. The molecule has 3 aromatic rings. The van der Waals surface area contributed by atoms with Crippen molar-refractivity contribution in [2.75, 3.05) is 13.2 Å². The third-order valence-electron chi connectivity index (χ3n) is 5.82. The first kappa shape index (κ1) is 24.3. The molecular formula is C26H22Cl3N3O2. The van der Waals surface area contributed by atoms with Gasteiger partial charge in [-0.3, -0.25) is 4.79 Å². The zero-order chi connectivity index (χ0) is 24.1. The first-order valence-corrected chi connectivity index (χ1v) is 12.2. The molecule has 1 amide bonds. The van der Waals surface area contributed by atoms with Crippen LogP contribution in [0.1, 0.15) is 31.2 Å². The predicted octanol–water partition coefficient (Wildman–Crippen LogP) is 6.93. The van der Waals surface area contributed by atoms with Crippen LogP contribution >= 0.6 is 34.8 Å². The maximum Gasteiger partial charge on any atom is 0.232 e. The van der Waals surface area contributed by atoms with Crippen LogP contribution in [-0.4, -0.2) is 24.0 Å². The van der Waals surface area contributed by atoms with E-state index in [1.807, 2.05) is 12.1 Å². The summed E-state index contributed by atoms with van der Waals surface area (Å²) in [6.45, 7) is 0.520. The minimum atomic E-state index is 0.0567. The van der Waals surface area contributed by atoms with Gasteiger partial charge < -0.3 is 10.1 Å². The van der Waals surface area contributed by atoms with Crippen molar-refractivity contribution in [3.8, 4) is 34.3 Å². The molecule has 34 heavy (non-hydrogen) atoms. The molecule has 0 spiro atoms. The van der Waals surface area contributed by atoms with Crippen molar-refractivity contribution in [2.24, 2.45) is 5.92 Å². The number of ether oxygens (including phenoxy) is 1. The van der Waals surface area contributed by atoms with Gasteiger partial charge in [0.2, 0.25) is 11.8 Å². The highest BCUT2D eigenvalue weighted by Crippen LogP contribution is 2.38. The van der Waals surface area contributed by atoms with Gasteiger partial charge >= 0.3 is 0 Å². The lowest BCUT2D eigenvalue weighted by Crippen LogP contribution is -2.32. The Morgan fingerprint density at radius 1 is 1.03 bits per heavy atom. The van der Waals surface area contributed by atoms with Crippen LogP contribution in [0.5, 0.6) is 5.88 Å². The first-order valence-electron chi connectivity index (χ1n) is 11.0. The van der Waals surface area contributed by atoms with Gasteiger partial charge in [-0.25, -0.2) is 4.98 Å². The van der Waals surface area contributed by atoms with Crippen LogP contribution < -0.4 is 10.1 Å². The Morgan fingerprint density at radius 2 is 1.74 bits per heavy atom. The third kappa shape index (κ3) is 5.64. The molecule has 8 heteroatoms. The Balaban J connectivity index is 1.63. The van der Waals surface area contributed by atoms with Gasteiger partial charge in [0.25, 0.3) is 0 Å². The highest BCUT2D eigenvalue weighted by atomic mass is 35.5. The van der Waals surface area contributed by atoms with Gasteiger partial charge in [-0.05, 0) is 54.8 Å². The summed E-state index contributed by atoms with van der Waals surface area (Å²) in [4.78, 5) is 16.9. The van der Waals surface area contributed by atoms with E-state index in [0.717, 1.165) is 31.2 Å². The number of nitrogens with zero attached hydrogens (tertiary/aromatic N) is 2. The van der Waals surface area contributed by atoms with Gasteiger partial charge in [-0.1, -0.05) is 59.8 Å². The standard InChI is InChI=1S/C26H22Cl3N3O2/c27-19-7-5-16(6-8-19)22-13-18(15-30)26(32-24(22)21-10-9-20(28)14-23(21)29)34-12-11-31-25(33)17-3-1-2-4-17/h5-10,13-14,17H,1-4,11-12H2,(H,31,33). The molecule has 2 aromatic carbocycles. The molecule has 4 rings (SSSR count). The molecule has 0 atom stereocenters. The van der Waals surface area contributed by atoms with Crippen molar-refractivity contribution in [2.45, 2.75) is 25.7 Å². The van der Waals surface area contributed by atoms with E-state index in [1.54, 1.807) is 36.4 Å². The monoisotopic (exact) mass is 513 g/mol. The second-order valence-corrected chi connectivity index (χ2v) is 9.38. The quantitative estimate of drug-likeness (QED) is 0.347. The summed E-state index contributed by atoms with van der Waals surface area (Å²) in [6.07, 6.45) is 4.06. The summed E-state index contributed by atoms with van der Waals surface area (Å²) >= 11 is 18.7. The molecule has 1 N–H and O–H groups in total. The summed E-state index contributed by atoms with van der Waals surface area (Å²) in [5, 5.41) is 14.2. The van der Waals surface area contributed by atoms with Crippen molar-refractivity contribution in [3.63, 3.8) is 0 Å². The molecule has 0 saturated heterocycles. The van der Waals surface area contributed by atoms with Crippen LogP contribution in [0.2, 0.25) is 15.1 Å². The Hall–Kier alpha value is -2.78. The number of benzene rings is 2. The van der Waals surface area contributed by atoms with Gasteiger partial charge in [0.05, 0.1) is 17.3 Å². The van der Waals surface area contributed by atoms with E-state index in [0.29, 0.717) is 38.4 Å². The van der Waals surface area contributed by atoms with Crippen LogP contribution in [0.4, 0.5) is 0 Å². The number of amides is 1. The minimum absolute atomic E-state index is 0.0567. The van der Waals surface area contributed by atoms with Crippen LogP contribution in [0.15, 0.2) is 48.5 Å². The summed E-state index contributed by atoms with van der Waals surface area (Å²) in [7, 11) is 0. The number of hydrogen-bond donors (Lipinski definition) is 1. The van der Waals surface area contributed by atoms with E-state index in [2.05, 4.69) is 16.4 Å². The molecule has 1 heterocycles. The number of aromatic nitrogens is 1. The zero-order valence-electron chi connectivity index (χ0n) is 18.3. The van der Waals surface area contributed by atoms with Crippen LogP contribution in [-0.2, 0) is 4.79 Å². The Kier molecular flexibility index (Phi) is 7.95. The number of pyridine rings is 1. The predicted molar refractivity (Wildman–Crippen MR) is 135 cm³/mol. The lowest BCUT2D eigenvalue weighted by molar-refractivity contribution is -0.124. The average Bonchev–Trinajstić information content (AvgIpc) is 3.37. The number of nitrogens with one attached hydrogen (secondary N) is 1. The van der Waals surface area contributed by atoms with E-state index in [9.17, 15) is 10.1 Å². The lowest BCUT2D eigenvalue weighted by Gasteiger charge is -2.16. The van der Waals surface area contributed by atoms with Crippen molar-refractivity contribution < 1.29 is 9.53 Å². The molecule has 1 aromatic heterocycles. The molecule has 0 unspecified atom stereocenters. The fourth-order valence-corrected chi connectivity index (χ4v) is 4.70. The first-order chi connectivity index (χ1) is 16.5. The van der Waals surface area contributed by atoms with Gasteiger partial charge in [-0.2, -0.15) is 5.26 Å². The summed E-state index contributed by atoms with van der Waals surface area (Å²) < 4.78 is 5.84. The highest BCUT2D eigenvalue weighted by Gasteiger charge is 2.22. The number of nitriles is 1. The van der Waals surface area contributed by atoms with Gasteiger partial charge in [0, 0.05) is 27.1 Å². The fraction of sp³-hybridized carbons (Fsp3) is 0.269. The molecule has 1 aliphatic carbocycles. The smallest absolute Gasteiger partial charge is 0.232 e. The highest BCUT2D eigenvalue weighted by molar-refractivity contribution is 6.36. The number of carbonyl (C=O) groups is 1. The lowest BCUT2D eigenvalue weighted by atomic mass is 9.97. The van der Waals surface area contributed by atoms with Crippen molar-refractivity contribution >= 4 is 40.7 Å². The molecule has 1 fully saturated rings. The number of halogens is 3. The summed E-state index contributed by atoms with van der Waals surface area (Å²) in [6, 6.07) is 16.3. The molecule has 174 valence electrons. The van der Waals surface area contributed by atoms with Gasteiger partial charge in [0.1, 0.15) is 18.2 Å². The molecule has 1 saturated carbocycles. The van der Waals surface area contributed by atoms with Crippen molar-refractivity contribution in [3.05, 3.63) is 69.2 Å². The fourth-order valence-electron chi connectivity index (χ4n) is 4.08. The van der Waals surface area contributed by atoms with Crippen molar-refractivity contribution in [1.82, 2.24) is 10.3 Å². The molecule has 0 bridgehead atoms. The largest absolute Gasteiger partial charge is 0.475 e. The number of hydrogen-bond acceptors (Lipinski definition) is 4. The topological polar surface area (TPSA) is 75.0 Å². The molecule has 0 aliphatic heterocycles. The second kappa shape index (κ2) is 11.1. The van der Waals surface area contributed by atoms with Crippen LogP contribution in [0.25, 0.3) is 22.4 Å². The zero-order valence-corrected chi connectivity index (χ0v) is 20.6. The van der Waals surface area contributed by atoms with E-state index in [-0.39, 0.29) is 29.9 Å². The van der Waals surface area contributed by atoms with E-state index < -0.39 is 0 Å². The Labute approximate surface area is 213 Å². The Bertz CT molecular complexity index is 1230. The number of rotatable bonds is 7.